The van der Waals surface area contributed by atoms with Crippen molar-refractivity contribution < 1.29 is 33.8 Å². The van der Waals surface area contributed by atoms with E-state index in [1.807, 2.05) is 0 Å². The Hall–Kier alpha value is -1.81. The van der Waals surface area contributed by atoms with Crippen molar-refractivity contribution in [2.45, 2.75) is 51.7 Å². The highest BCUT2D eigenvalue weighted by Gasteiger charge is 2.37. The first-order valence-electron chi connectivity index (χ1n) is 9.01. The molecule has 1 aliphatic heterocycles. The van der Waals surface area contributed by atoms with E-state index in [2.05, 4.69) is 5.32 Å². The highest BCUT2D eigenvalue weighted by molar-refractivity contribution is 8.00. The molecular weight excluding hydrogens is 376 g/mol. The third kappa shape index (κ3) is 7.37. The number of hydrogen-bond donors (Lipinski definition) is 2. The number of nitrogens with zero attached hydrogens (tertiary/aromatic N) is 1. The molecule has 1 unspecified atom stereocenters. The van der Waals surface area contributed by atoms with Crippen LogP contribution in [0.25, 0.3) is 0 Å². The maximum atomic E-state index is 12.6. The molecule has 0 radical (unpaired) electrons. The fourth-order valence-corrected chi connectivity index (χ4v) is 3.63. The average Bonchev–Trinajstić information content (AvgIpc) is 3.10. The second kappa shape index (κ2) is 11.8. The van der Waals surface area contributed by atoms with Crippen molar-refractivity contribution in [2.75, 3.05) is 31.3 Å². The van der Waals surface area contributed by atoms with Gasteiger partial charge in [0.15, 0.2) is 0 Å². The molecule has 1 heterocycles. The number of thioether (sulfide) groups is 1. The zero-order chi connectivity index (χ0) is 20.4. The number of carboxylic acid groups (broad SMARTS) is 1. The minimum atomic E-state index is -1.03. The van der Waals surface area contributed by atoms with Gasteiger partial charge in [0.1, 0.15) is 12.1 Å². The average molecular weight is 404 g/mol. The van der Waals surface area contributed by atoms with Gasteiger partial charge in [-0.25, -0.2) is 4.79 Å². The minimum absolute atomic E-state index is 0.0843. The first-order valence-corrected chi connectivity index (χ1v) is 10.2. The van der Waals surface area contributed by atoms with Crippen molar-refractivity contribution >= 4 is 35.6 Å². The van der Waals surface area contributed by atoms with Crippen LogP contribution in [0.15, 0.2) is 0 Å². The number of rotatable bonds is 11. The molecule has 0 saturated carbocycles. The first kappa shape index (κ1) is 23.2. The molecular formula is C17H28N2O7S. The van der Waals surface area contributed by atoms with E-state index in [9.17, 15) is 24.3 Å². The lowest BCUT2D eigenvalue weighted by Crippen LogP contribution is -2.54. The molecule has 0 aromatic heterocycles. The number of aliphatic carboxylic acids is 1. The van der Waals surface area contributed by atoms with Crippen LogP contribution in [0.3, 0.4) is 0 Å². The summed E-state index contributed by atoms with van der Waals surface area (Å²) < 4.78 is 9.86. The molecule has 9 nitrogen and oxygen atoms in total. The van der Waals surface area contributed by atoms with Gasteiger partial charge in [-0.3, -0.25) is 19.7 Å². The lowest BCUT2D eigenvalue weighted by molar-refractivity contribution is -0.150. The zero-order valence-electron chi connectivity index (χ0n) is 15.9. The molecule has 0 aliphatic carbocycles. The molecule has 1 saturated heterocycles. The number of carbonyl (C=O) groups excluding carboxylic acids is 3. The molecule has 0 bridgehead atoms. The van der Waals surface area contributed by atoms with Gasteiger partial charge in [-0.15, -0.1) is 11.8 Å². The predicted molar refractivity (Wildman–Crippen MR) is 99.3 cm³/mol. The van der Waals surface area contributed by atoms with Gasteiger partial charge in [0, 0.05) is 12.3 Å². The van der Waals surface area contributed by atoms with E-state index in [1.54, 1.807) is 20.8 Å². The van der Waals surface area contributed by atoms with E-state index < -0.39 is 30.1 Å². The fraction of sp³-hybridized carbons (Fsp3) is 0.765. The third-order valence-corrected chi connectivity index (χ3v) is 5.03. The molecule has 10 heteroatoms. The smallest absolute Gasteiger partial charge is 0.326 e. The summed E-state index contributed by atoms with van der Waals surface area (Å²) in [4.78, 5) is 48.8. The fourth-order valence-electron chi connectivity index (χ4n) is 2.80. The molecule has 1 amide bonds. The Labute approximate surface area is 163 Å². The van der Waals surface area contributed by atoms with Crippen LogP contribution in [-0.2, 0) is 28.7 Å². The second-order valence-corrected chi connectivity index (χ2v) is 7.07. The Morgan fingerprint density at radius 3 is 2.48 bits per heavy atom. The summed E-state index contributed by atoms with van der Waals surface area (Å²) in [6, 6.07) is -2.39. The Kier molecular flexibility index (Phi) is 10.2. The molecule has 0 aromatic carbocycles. The van der Waals surface area contributed by atoms with Crippen molar-refractivity contribution in [2.24, 2.45) is 0 Å². The molecule has 1 aliphatic rings. The highest BCUT2D eigenvalue weighted by Crippen LogP contribution is 2.19. The van der Waals surface area contributed by atoms with Crippen LogP contribution in [0.5, 0.6) is 0 Å². The summed E-state index contributed by atoms with van der Waals surface area (Å²) >= 11 is 1.20. The van der Waals surface area contributed by atoms with E-state index in [1.165, 1.54) is 16.7 Å². The second-order valence-electron chi connectivity index (χ2n) is 6.04. The molecule has 1 fully saturated rings. The molecule has 0 spiro atoms. The Bertz CT molecular complexity index is 543. The maximum absolute atomic E-state index is 12.6. The summed E-state index contributed by atoms with van der Waals surface area (Å²) in [5, 5.41) is 12.1. The van der Waals surface area contributed by atoms with Crippen LogP contribution in [-0.4, -0.2) is 83.2 Å². The number of amides is 1. The number of carboxylic acids is 1. The number of esters is 2. The van der Waals surface area contributed by atoms with E-state index in [0.717, 1.165) is 0 Å². The number of likely N-dealkylation sites (tertiary alicyclic amines) is 1. The van der Waals surface area contributed by atoms with Gasteiger partial charge >= 0.3 is 17.9 Å². The summed E-state index contributed by atoms with van der Waals surface area (Å²) in [6.45, 7) is 5.82. The normalized spacial score (nSPS) is 18.6. The predicted octanol–water partition coefficient (Wildman–Crippen LogP) is 0.268. The Morgan fingerprint density at radius 2 is 1.89 bits per heavy atom. The van der Waals surface area contributed by atoms with E-state index in [0.29, 0.717) is 19.4 Å². The SMILES string of the molecule is CCOC(=O)CSC[C@H](NC(C)C(=O)N1CCC[C@H]1C(=O)O)C(=O)OCC. The van der Waals surface area contributed by atoms with Crippen molar-refractivity contribution in [1.82, 2.24) is 10.2 Å². The summed E-state index contributed by atoms with van der Waals surface area (Å²) in [7, 11) is 0. The van der Waals surface area contributed by atoms with Gasteiger partial charge in [0.2, 0.25) is 5.91 Å². The van der Waals surface area contributed by atoms with Gasteiger partial charge in [-0.05, 0) is 33.6 Å². The summed E-state index contributed by atoms with van der Waals surface area (Å²) in [5.41, 5.74) is 0. The molecule has 154 valence electrons. The topological polar surface area (TPSA) is 122 Å². The summed E-state index contributed by atoms with van der Waals surface area (Å²) in [6.07, 6.45) is 1.05. The number of nitrogens with one attached hydrogen (secondary N) is 1. The number of ether oxygens (including phenoxy) is 2. The molecule has 1 rings (SSSR count). The quantitative estimate of drug-likeness (QED) is 0.467. The van der Waals surface area contributed by atoms with E-state index in [4.69, 9.17) is 9.47 Å². The van der Waals surface area contributed by atoms with Crippen molar-refractivity contribution in [3.05, 3.63) is 0 Å². The Balaban J connectivity index is 2.67. The largest absolute Gasteiger partial charge is 0.480 e. The zero-order valence-corrected chi connectivity index (χ0v) is 16.8. The van der Waals surface area contributed by atoms with Gasteiger partial charge < -0.3 is 19.5 Å². The van der Waals surface area contributed by atoms with Gasteiger partial charge in [0.25, 0.3) is 0 Å². The van der Waals surface area contributed by atoms with Crippen LogP contribution < -0.4 is 5.32 Å². The van der Waals surface area contributed by atoms with Crippen LogP contribution in [0.1, 0.15) is 33.6 Å². The Morgan fingerprint density at radius 1 is 1.22 bits per heavy atom. The van der Waals surface area contributed by atoms with Crippen LogP contribution in [0.4, 0.5) is 0 Å². The molecule has 2 N–H and O–H groups in total. The number of hydrogen-bond acceptors (Lipinski definition) is 8. The lowest BCUT2D eigenvalue weighted by atomic mass is 10.2. The minimum Gasteiger partial charge on any atom is -0.480 e. The van der Waals surface area contributed by atoms with Gasteiger partial charge in [-0.2, -0.15) is 0 Å². The molecule has 3 atom stereocenters. The lowest BCUT2D eigenvalue weighted by Gasteiger charge is -2.27. The first-order chi connectivity index (χ1) is 12.8. The standard InChI is InChI=1S/C17H28N2O7S/c1-4-25-14(20)10-27-9-12(17(24)26-5-2)18-11(3)15(21)19-8-6-7-13(19)16(22)23/h11-13,18H,4-10H2,1-3H3,(H,22,23)/t11?,12-,13-/m0/s1. The number of carbonyl (C=O) groups is 4. The molecule has 27 heavy (non-hydrogen) atoms. The molecule has 0 aromatic rings. The maximum Gasteiger partial charge on any atom is 0.326 e. The van der Waals surface area contributed by atoms with E-state index >= 15 is 0 Å². The summed E-state index contributed by atoms with van der Waals surface area (Å²) in [5.74, 6) is -2.00. The van der Waals surface area contributed by atoms with Crippen LogP contribution in [0, 0.1) is 0 Å². The van der Waals surface area contributed by atoms with E-state index in [-0.39, 0.29) is 36.6 Å². The van der Waals surface area contributed by atoms with Crippen LogP contribution in [0.2, 0.25) is 0 Å². The monoisotopic (exact) mass is 404 g/mol. The van der Waals surface area contributed by atoms with Gasteiger partial charge in [-0.1, -0.05) is 0 Å². The third-order valence-electron chi connectivity index (χ3n) is 4.02. The highest BCUT2D eigenvalue weighted by atomic mass is 32.2. The van der Waals surface area contributed by atoms with Crippen molar-refractivity contribution in [1.29, 1.82) is 0 Å². The van der Waals surface area contributed by atoms with Crippen molar-refractivity contribution in [3.8, 4) is 0 Å². The van der Waals surface area contributed by atoms with Crippen molar-refractivity contribution in [3.63, 3.8) is 0 Å². The van der Waals surface area contributed by atoms with Gasteiger partial charge in [0.05, 0.1) is 25.0 Å². The van der Waals surface area contributed by atoms with Crippen LogP contribution >= 0.6 is 11.8 Å².